The number of aromatic nitrogens is 2. The van der Waals surface area contributed by atoms with Gasteiger partial charge >= 0.3 is 0 Å². The predicted octanol–water partition coefficient (Wildman–Crippen LogP) is 3.59. The van der Waals surface area contributed by atoms with E-state index in [9.17, 15) is 0 Å². The number of rotatable bonds is 3. The molecule has 0 aliphatic carbocycles. The highest BCUT2D eigenvalue weighted by Crippen LogP contribution is 2.18. The number of hydrogen-bond acceptors (Lipinski definition) is 2. The fourth-order valence-electron chi connectivity index (χ4n) is 2.12. The minimum absolute atomic E-state index is 0.723. The molecule has 0 N–H and O–H groups in total. The summed E-state index contributed by atoms with van der Waals surface area (Å²) in [7, 11) is 1.67. The van der Waals surface area contributed by atoms with Crippen LogP contribution < -0.4 is 4.74 Å². The molecular formula is C15H13ClN2O. The average Bonchev–Trinajstić information content (AvgIpc) is 2.81. The van der Waals surface area contributed by atoms with Gasteiger partial charge < -0.3 is 9.14 Å². The van der Waals surface area contributed by atoms with Crippen LogP contribution in [-0.4, -0.2) is 16.5 Å². The Morgan fingerprint density at radius 3 is 3.00 bits per heavy atom. The van der Waals surface area contributed by atoms with Crippen molar-refractivity contribution in [2.24, 2.45) is 0 Å². The predicted molar refractivity (Wildman–Crippen MR) is 76.0 cm³/mol. The standard InChI is InChI=1S/C15H13ClN2O/c1-19-14-4-2-3-11(7-14)8-15-17-10-13-9-12(16)5-6-18(13)15/h2-7,9-10H,8H2,1H3. The van der Waals surface area contributed by atoms with Crippen molar-refractivity contribution >= 4 is 17.1 Å². The normalized spacial score (nSPS) is 10.8. The van der Waals surface area contributed by atoms with E-state index in [1.165, 1.54) is 5.56 Å². The van der Waals surface area contributed by atoms with E-state index >= 15 is 0 Å². The molecule has 0 unspecified atom stereocenters. The van der Waals surface area contributed by atoms with Crippen molar-refractivity contribution in [3.8, 4) is 5.75 Å². The molecule has 2 heterocycles. The first kappa shape index (κ1) is 12.1. The Bertz CT molecular complexity index is 721. The largest absolute Gasteiger partial charge is 0.497 e. The van der Waals surface area contributed by atoms with Gasteiger partial charge in [-0.05, 0) is 29.8 Å². The van der Waals surface area contributed by atoms with Crippen LogP contribution in [0.25, 0.3) is 5.52 Å². The lowest BCUT2D eigenvalue weighted by Crippen LogP contribution is -1.96. The number of imidazole rings is 1. The zero-order valence-electron chi connectivity index (χ0n) is 10.5. The van der Waals surface area contributed by atoms with Crippen LogP contribution in [0.4, 0.5) is 0 Å². The molecule has 0 saturated heterocycles. The lowest BCUT2D eigenvalue weighted by atomic mass is 10.1. The molecule has 0 radical (unpaired) electrons. The van der Waals surface area contributed by atoms with Crippen molar-refractivity contribution in [2.45, 2.75) is 6.42 Å². The third-order valence-electron chi connectivity index (χ3n) is 3.07. The minimum atomic E-state index is 0.723. The smallest absolute Gasteiger partial charge is 0.119 e. The molecule has 0 fully saturated rings. The first-order valence-electron chi connectivity index (χ1n) is 6.01. The van der Waals surface area contributed by atoms with E-state index in [4.69, 9.17) is 16.3 Å². The molecule has 3 nitrogen and oxygen atoms in total. The molecule has 4 heteroatoms. The lowest BCUT2D eigenvalue weighted by molar-refractivity contribution is 0.414. The van der Waals surface area contributed by atoms with Crippen LogP contribution in [0.15, 0.2) is 48.8 Å². The SMILES string of the molecule is COc1cccc(Cc2ncc3cc(Cl)ccn23)c1. The van der Waals surface area contributed by atoms with E-state index in [0.29, 0.717) is 0 Å². The number of hydrogen-bond donors (Lipinski definition) is 0. The van der Waals surface area contributed by atoms with Crippen molar-refractivity contribution in [1.82, 2.24) is 9.38 Å². The van der Waals surface area contributed by atoms with Crippen molar-refractivity contribution in [3.05, 3.63) is 65.2 Å². The fourth-order valence-corrected chi connectivity index (χ4v) is 2.29. The van der Waals surface area contributed by atoms with Gasteiger partial charge in [-0.3, -0.25) is 0 Å². The van der Waals surface area contributed by atoms with Gasteiger partial charge in [-0.25, -0.2) is 4.98 Å². The van der Waals surface area contributed by atoms with Gasteiger partial charge in [-0.1, -0.05) is 23.7 Å². The summed E-state index contributed by atoms with van der Waals surface area (Å²) in [5.41, 5.74) is 2.17. The van der Waals surface area contributed by atoms with Crippen molar-refractivity contribution in [2.75, 3.05) is 7.11 Å². The maximum Gasteiger partial charge on any atom is 0.119 e. The Morgan fingerprint density at radius 2 is 2.16 bits per heavy atom. The molecule has 0 atom stereocenters. The first-order chi connectivity index (χ1) is 9.26. The van der Waals surface area contributed by atoms with Crippen molar-refractivity contribution in [1.29, 1.82) is 0 Å². The Labute approximate surface area is 116 Å². The molecule has 3 aromatic rings. The summed E-state index contributed by atoms with van der Waals surface area (Å²) in [5.74, 6) is 1.85. The van der Waals surface area contributed by atoms with Gasteiger partial charge in [0.15, 0.2) is 0 Å². The summed E-state index contributed by atoms with van der Waals surface area (Å²) in [6.07, 6.45) is 4.54. The fraction of sp³-hybridized carbons (Fsp3) is 0.133. The topological polar surface area (TPSA) is 26.5 Å². The number of benzene rings is 1. The van der Waals surface area contributed by atoms with Crippen LogP contribution in [0, 0.1) is 0 Å². The summed E-state index contributed by atoms with van der Waals surface area (Å²) in [6, 6.07) is 11.8. The zero-order valence-corrected chi connectivity index (χ0v) is 11.3. The number of ether oxygens (including phenoxy) is 1. The van der Waals surface area contributed by atoms with E-state index in [-0.39, 0.29) is 0 Å². The first-order valence-corrected chi connectivity index (χ1v) is 6.38. The Balaban J connectivity index is 1.96. The van der Waals surface area contributed by atoms with Gasteiger partial charge in [-0.15, -0.1) is 0 Å². The van der Waals surface area contributed by atoms with Gasteiger partial charge in [0.25, 0.3) is 0 Å². The Kier molecular flexibility index (Phi) is 3.13. The van der Waals surface area contributed by atoms with Crippen molar-refractivity contribution in [3.63, 3.8) is 0 Å². The highest BCUT2D eigenvalue weighted by atomic mass is 35.5. The van der Waals surface area contributed by atoms with Crippen LogP contribution in [0.5, 0.6) is 5.75 Å². The summed E-state index contributed by atoms with van der Waals surface area (Å²) < 4.78 is 7.28. The number of methoxy groups -OCH3 is 1. The van der Waals surface area contributed by atoms with Crippen LogP contribution in [0.2, 0.25) is 5.02 Å². The van der Waals surface area contributed by atoms with E-state index in [0.717, 1.165) is 28.5 Å². The molecule has 3 rings (SSSR count). The van der Waals surface area contributed by atoms with Crippen LogP contribution in [0.1, 0.15) is 11.4 Å². The number of pyridine rings is 1. The maximum atomic E-state index is 5.97. The molecular weight excluding hydrogens is 260 g/mol. The molecule has 96 valence electrons. The summed E-state index contributed by atoms with van der Waals surface area (Å²) in [4.78, 5) is 4.45. The van der Waals surface area contributed by atoms with Gasteiger partial charge in [0.1, 0.15) is 11.6 Å². The quantitative estimate of drug-likeness (QED) is 0.728. The zero-order chi connectivity index (χ0) is 13.2. The number of fused-ring (bicyclic) bond motifs is 1. The Morgan fingerprint density at radius 1 is 1.26 bits per heavy atom. The van der Waals surface area contributed by atoms with Gasteiger partial charge in [0, 0.05) is 17.6 Å². The third-order valence-corrected chi connectivity index (χ3v) is 3.30. The van der Waals surface area contributed by atoms with Gasteiger partial charge in [0.2, 0.25) is 0 Å². The second-order valence-electron chi connectivity index (χ2n) is 4.34. The van der Waals surface area contributed by atoms with Crippen LogP contribution >= 0.6 is 11.6 Å². The van der Waals surface area contributed by atoms with Gasteiger partial charge in [-0.2, -0.15) is 0 Å². The average molecular weight is 273 g/mol. The Hall–Kier alpha value is -2.00. The second-order valence-corrected chi connectivity index (χ2v) is 4.78. The van der Waals surface area contributed by atoms with Gasteiger partial charge in [0.05, 0.1) is 18.8 Å². The minimum Gasteiger partial charge on any atom is -0.497 e. The molecule has 0 saturated carbocycles. The van der Waals surface area contributed by atoms with E-state index in [2.05, 4.69) is 11.1 Å². The third kappa shape index (κ3) is 2.42. The van der Waals surface area contributed by atoms with E-state index < -0.39 is 0 Å². The molecule has 1 aromatic carbocycles. The lowest BCUT2D eigenvalue weighted by Gasteiger charge is -2.04. The van der Waals surface area contributed by atoms with Crippen LogP contribution in [-0.2, 0) is 6.42 Å². The molecule has 2 aromatic heterocycles. The molecule has 19 heavy (non-hydrogen) atoms. The second kappa shape index (κ2) is 4.94. The van der Waals surface area contributed by atoms with Crippen LogP contribution in [0.3, 0.4) is 0 Å². The number of nitrogens with zero attached hydrogens (tertiary/aromatic N) is 2. The summed E-state index contributed by atoms with van der Waals surface area (Å²) in [6.45, 7) is 0. The summed E-state index contributed by atoms with van der Waals surface area (Å²) in [5, 5.41) is 0.723. The molecule has 0 amide bonds. The molecule has 0 aliphatic heterocycles. The van der Waals surface area contributed by atoms with E-state index in [1.54, 1.807) is 7.11 Å². The van der Waals surface area contributed by atoms with E-state index in [1.807, 2.05) is 47.1 Å². The maximum absolute atomic E-state index is 5.97. The molecule has 0 aliphatic rings. The summed E-state index contributed by atoms with van der Waals surface area (Å²) >= 11 is 5.97. The molecule has 0 spiro atoms. The van der Waals surface area contributed by atoms with Crippen molar-refractivity contribution < 1.29 is 4.74 Å². The molecule has 0 bridgehead atoms. The monoisotopic (exact) mass is 272 g/mol. The number of halogens is 1. The highest BCUT2D eigenvalue weighted by molar-refractivity contribution is 6.30. The highest BCUT2D eigenvalue weighted by Gasteiger charge is 2.05.